The maximum atomic E-state index is 13.0. The highest BCUT2D eigenvalue weighted by molar-refractivity contribution is 5.85. The Morgan fingerprint density at radius 2 is 2.27 bits per heavy atom. The largest absolute Gasteiger partial charge is 0.371 e. The van der Waals surface area contributed by atoms with E-state index < -0.39 is 0 Å². The molecule has 0 aliphatic carbocycles. The van der Waals surface area contributed by atoms with Gasteiger partial charge in [-0.25, -0.2) is 4.39 Å². The summed E-state index contributed by atoms with van der Waals surface area (Å²) in [7, 11) is 0. The van der Waals surface area contributed by atoms with Gasteiger partial charge in [-0.05, 0) is 24.6 Å². The van der Waals surface area contributed by atoms with Crippen LogP contribution in [0.5, 0.6) is 0 Å². The van der Waals surface area contributed by atoms with Crippen LogP contribution in [0.1, 0.15) is 18.6 Å². The Balaban J connectivity index is 0.00000112. The van der Waals surface area contributed by atoms with Crippen molar-refractivity contribution >= 4 is 12.4 Å². The second-order valence-corrected chi connectivity index (χ2v) is 3.59. The molecular weight excluding hydrogens is 217 g/mol. The molecular formula is C11H15ClFNO. The molecule has 1 saturated heterocycles. The molecule has 1 aromatic carbocycles. The van der Waals surface area contributed by atoms with E-state index in [1.54, 1.807) is 6.07 Å². The van der Waals surface area contributed by atoms with Crippen molar-refractivity contribution in [1.29, 1.82) is 0 Å². The van der Waals surface area contributed by atoms with Gasteiger partial charge in [0.1, 0.15) is 5.82 Å². The van der Waals surface area contributed by atoms with E-state index in [-0.39, 0.29) is 30.4 Å². The highest BCUT2D eigenvalue weighted by Gasteiger charge is 2.23. The molecule has 1 heterocycles. The maximum absolute atomic E-state index is 13.0. The first-order chi connectivity index (χ1) is 6.77. The number of hydrogen-bond donors (Lipinski definition) is 1. The molecule has 0 aromatic heterocycles. The molecule has 0 unspecified atom stereocenters. The van der Waals surface area contributed by atoms with Crippen LogP contribution < -0.4 is 5.32 Å². The summed E-state index contributed by atoms with van der Waals surface area (Å²) >= 11 is 0. The molecule has 2 rings (SSSR count). The molecule has 2 nitrogen and oxygen atoms in total. The molecule has 0 bridgehead atoms. The lowest BCUT2D eigenvalue weighted by molar-refractivity contribution is -0.000382. The summed E-state index contributed by atoms with van der Waals surface area (Å²) in [5.74, 6) is -0.205. The zero-order valence-corrected chi connectivity index (χ0v) is 9.39. The van der Waals surface area contributed by atoms with Crippen LogP contribution >= 0.6 is 12.4 Å². The lowest BCUT2D eigenvalue weighted by atomic mass is 10.0. The van der Waals surface area contributed by atoms with Gasteiger partial charge in [-0.1, -0.05) is 12.1 Å². The van der Waals surface area contributed by atoms with Crippen molar-refractivity contribution in [2.45, 2.75) is 19.1 Å². The zero-order chi connectivity index (χ0) is 9.97. The predicted octanol–water partition coefficient (Wildman–Crippen LogP) is 2.30. The monoisotopic (exact) mass is 231 g/mol. The summed E-state index contributed by atoms with van der Waals surface area (Å²) in [6, 6.07) is 6.84. The average molecular weight is 232 g/mol. The van der Waals surface area contributed by atoms with E-state index in [0.29, 0.717) is 6.61 Å². The Bertz CT molecular complexity index is 321. The fourth-order valence-corrected chi connectivity index (χ4v) is 1.79. The molecule has 15 heavy (non-hydrogen) atoms. The lowest BCUT2D eigenvalue weighted by Gasteiger charge is -2.30. The number of benzene rings is 1. The molecule has 1 fully saturated rings. The summed E-state index contributed by atoms with van der Waals surface area (Å²) in [6.45, 7) is 3.60. The Hall–Kier alpha value is -0.640. The van der Waals surface area contributed by atoms with E-state index >= 15 is 0 Å². The van der Waals surface area contributed by atoms with Crippen LogP contribution in [0.15, 0.2) is 24.3 Å². The van der Waals surface area contributed by atoms with E-state index in [2.05, 4.69) is 12.2 Å². The Kier molecular flexibility index (Phi) is 4.51. The van der Waals surface area contributed by atoms with Crippen LogP contribution in [-0.4, -0.2) is 19.2 Å². The van der Waals surface area contributed by atoms with Crippen LogP contribution in [0.25, 0.3) is 0 Å². The van der Waals surface area contributed by atoms with Gasteiger partial charge in [0.2, 0.25) is 0 Å². The highest BCUT2D eigenvalue weighted by atomic mass is 35.5. The van der Waals surface area contributed by atoms with Crippen molar-refractivity contribution in [2.24, 2.45) is 0 Å². The zero-order valence-electron chi connectivity index (χ0n) is 8.57. The summed E-state index contributed by atoms with van der Waals surface area (Å²) in [5.41, 5.74) is 0.907. The van der Waals surface area contributed by atoms with Crippen molar-refractivity contribution in [1.82, 2.24) is 5.32 Å². The minimum Gasteiger partial charge on any atom is -0.371 e. The smallest absolute Gasteiger partial charge is 0.123 e. The third-order valence-corrected chi connectivity index (χ3v) is 2.50. The first-order valence-corrected chi connectivity index (χ1v) is 4.88. The second-order valence-electron chi connectivity index (χ2n) is 3.59. The number of morpholine rings is 1. The molecule has 0 spiro atoms. The van der Waals surface area contributed by atoms with Gasteiger partial charge >= 0.3 is 0 Å². The van der Waals surface area contributed by atoms with Crippen molar-refractivity contribution in [2.75, 3.05) is 13.2 Å². The summed E-state index contributed by atoms with van der Waals surface area (Å²) in [5, 5.41) is 3.30. The van der Waals surface area contributed by atoms with Gasteiger partial charge in [-0.15, -0.1) is 12.4 Å². The molecule has 0 amide bonds. The van der Waals surface area contributed by atoms with Gasteiger partial charge in [0.25, 0.3) is 0 Å². The van der Waals surface area contributed by atoms with Gasteiger partial charge < -0.3 is 10.1 Å². The standard InChI is InChI=1S/C11H14FNO.ClH/c1-8-11(14-6-5-13-8)9-3-2-4-10(12)7-9;/h2-4,7-8,11,13H,5-6H2,1H3;1H/t8-,11+;/m0./s1. The SMILES string of the molecule is C[C@@H]1NCCO[C@H]1c1cccc(F)c1.Cl. The molecule has 4 heteroatoms. The molecule has 1 aliphatic rings. The summed E-state index contributed by atoms with van der Waals surface area (Å²) in [4.78, 5) is 0. The first-order valence-electron chi connectivity index (χ1n) is 4.88. The van der Waals surface area contributed by atoms with E-state index in [1.807, 2.05) is 6.07 Å². The number of hydrogen-bond acceptors (Lipinski definition) is 2. The lowest BCUT2D eigenvalue weighted by Crippen LogP contribution is -2.41. The third-order valence-electron chi connectivity index (χ3n) is 2.50. The predicted molar refractivity (Wildman–Crippen MR) is 59.8 cm³/mol. The number of rotatable bonds is 1. The van der Waals surface area contributed by atoms with Crippen LogP contribution in [0.4, 0.5) is 4.39 Å². The highest BCUT2D eigenvalue weighted by Crippen LogP contribution is 2.23. The molecule has 0 radical (unpaired) electrons. The van der Waals surface area contributed by atoms with Gasteiger partial charge in [0.15, 0.2) is 0 Å². The van der Waals surface area contributed by atoms with Gasteiger partial charge in [0.05, 0.1) is 12.7 Å². The van der Waals surface area contributed by atoms with Crippen LogP contribution in [0.2, 0.25) is 0 Å². The molecule has 2 atom stereocenters. The fraction of sp³-hybridized carbons (Fsp3) is 0.455. The van der Waals surface area contributed by atoms with Gasteiger partial charge in [-0.2, -0.15) is 0 Å². The van der Waals surface area contributed by atoms with Crippen LogP contribution in [0.3, 0.4) is 0 Å². The Morgan fingerprint density at radius 3 is 2.93 bits per heavy atom. The Morgan fingerprint density at radius 1 is 1.47 bits per heavy atom. The maximum Gasteiger partial charge on any atom is 0.123 e. The topological polar surface area (TPSA) is 21.3 Å². The fourth-order valence-electron chi connectivity index (χ4n) is 1.79. The van der Waals surface area contributed by atoms with Crippen LogP contribution in [-0.2, 0) is 4.74 Å². The molecule has 1 aliphatic heterocycles. The number of ether oxygens (including phenoxy) is 1. The summed E-state index contributed by atoms with van der Waals surface area (Å²) in [6.07, 6.45) is -0.0283. The third kappa shape index (κ3) is 2.91. The van der Waals surface area contributed by atoms with Gasteiger partial charge in [-0.3, -0.25) is 0 Å². The minimum absolute atomic E-state index is 0. The van der Waals surface area contributed by atoms with Crippen molar-refractivity contribution in [3.63, 3.8) is 0 Å². The molecule has 1 N–H and O–H groups in total. The molecule has 84 valence electrons. The van der Waals surface area contributed by atoms with E-state index in [1.165, 1.54) is 12.1 Å². The normalized spacial score (nSPS) is 25.7. The molecule has 0 saturated carbocycles. The quantitative estimate of drug-likeness (QED) is 0.801. The molecule has 1 aromatic rings. The van der Waals surface area contributed by atoms with Gasteiger partial charge in [0, 0.05) is 12.6 Å². The summed E-state index contributed by atoms with van der Waals surface area (Å²) < 4.78 is 18.6. The van der Waals surface area contributed by atoms with Crippen LogP contribution in [0, 0.1) is 5.82 Å². The van der Waals surface area contributed by atoms with Crippen molar-refractivity contribution in [3.05, 3.63) is 35.6 Å². The second kappa shape index (κ2) is 5.45. The first kappa shape index (κ1) is 12.4. The Labute approximate surface area is 95.2 Å². The average Bonchev–Trinajstić information content (AvgIpc) is 2.18. The van der Waals surface area contributed by atoms with E-state index in [4.69, 9.17) is 4.74 Å². The minimum atomic E-state index is -0.205. The van der Waals surface area contributed by atoms with E-state index in [0.717, 1.165) is 12.1 Å². The van der Waals surface area contributed by atoms with Crippen molar-refractivity contribution in [3.8, 4) is 0 Å². The number of halogens is 2. The number of nitrogens with one attached hydrogen (secondary N) is 1. The van der Waals surface area contributed by atoms with E-state index in [9.17, 15) is 4.39 Å². The van der Waals surface area contributed by atoms with Crippen molar-refractivity contribution < 1.29 is 9.13 Å².